The normalized spacial score (nSPS) is 30.7. The monoisotopic (exact) mass is 807 g/mol. The van der Waals surface area contributed by atoms with Crippen molar-refractivity contribution in [2.24, 2.45) is 23.2 Å². The van der Waals surface area contributed by atoms with Crippen molar-refractivity contribution in [2.45, 2.75) is 117 Å². The van der Waals surface area contributed by atoms with Crippen LogP contribution in [0.3, 0.4) is 0 Å². The van der Waals surface area contributed by atoms with Crippen LogP contribution in [-0.4, -0.2) is 98.8 Å². The number of rotatable bonds is 9. The van der Waals surface area contributed by atoms with Crippen LogP contribution >= 0.6 is 0 Å². The predicted octanol–water partition coefficient (Wildman–Crippen LogP) is 4.49. The highest BCUT2D eigenvalue weighted by Gasteiger charge is 2.70. The van der Waals surface area contributed by atoms with Gasteiger partial charge in [0.2, 0.25) is 0 Å². The summed E-state index contributed by atoms with van der Waals surface area (Å²) in [5.74, 6) is -8.66. The summed E-state index contributed by atoms with van der Waals surface area (Å²) in [4.78, 5) is 83.8. The molecule has 15 heteroatoms. The molecule has 0 saturated heterocycles. The number of hydrogen-bond donors (Lipinski definition) is 2. The SMILES string of the molecule is C=C1C(OC(=O)C(C)C)C(O)C(OC(=O)c2cccnc2)C(C)(C)C=CC(C)C(OC(C)=O)[C@@]2(O)C[C@@](C)(OC(C)=O)C(OC(=O)c3ccccc3)[C@H]2C1OC(C)=O. The van der Waals surface area contributed by atoms with E-state index < -0.39 is 113 Å². The van der Waals surface area contributed by atoms with Crippen molar-refractivity contribution in [3.05, 3.63) is 90.3 Å². The number of benzene rings is 1. The number of aliphatic hydroxyl groups is 2. The van der Waals surface area contributed by atoms with Crippen molar-refractivity contribution in [2.75, 3.05) is 0 Å². The van der Waals surface area contributed by atoms with Crippen molar-refractivity contribution in [1.82, 2.24) is 4.98 Å². The number of esters is 6. The van der Waals surface area contributed by atoms with Gasteiger partial charge in [-0.3, -0.25) is 24.2 Å². The van der Waals surface area contributed by atoms with Crippen LogP contribution in [0.15, 0.2) is 79.2 Å². The van der Waals surface area contributed by atoms with E-state index >= 15 is 0 Å². The highest BCUT2D eigenvalue weighted by molar-refractivity contribution is 5.90. The summed E-state index contributed by atoms with van der Waals surface area (Å²) in [5, 5.41) is 25.7. The summed E-state index contributed by atoms with van der Waals surface area (Å²) < 4.78 is 35.8. The minimum atomic E-state index is -2.39. The first kappa shape index (κ1) is 45.3. The summed E-state index contributed by atoms with van der Waals surface area (Å²) in [6.07, 6.45) is -5.08. The lowest BCUT2D eigenvalue weighted by atomic mass is 9.71. The zero-order valence-electron chi connectivity index (χ0n) is 34.2. The van der Waals surface area contributed by atoms with E-state index in [0.29, 0.717) is 0 Å². The lowest BCUT2D eigenvalue weighted by Gasteiger charge is -2.45. The third-order valence-corrected chi connectivity index (χ3v) is 10.4. The molecule has 2 aliphatic rings. The molecule has 4 rings (SSSR count). The number of carbonyl (C=O) groups excluding carboxylic acids is 6. The summed E-state index contributed by atoms with van der Waals surface area (Å²) in [6, 6.07) is 10.8. The van der Waals surface area contributed by atoms with Crippen LogP contribution < -0.4 is 0 Å². The first-order chi connectivity index (χ1) is 27.0. The van der Waals surface area contributed by atoms with Gasteiger partial charge in [0, 0.05) is 56.5 Å². The fraction of sp³-hybridized carbons (Fsp3) is 0.512. The number of fused-ring (bicyclic) bond motifs is 1. The predicted molar refractivity (Wildman–Crippen MR) is 205 cm³/mol. The van der Waals surface area contributed by atoms with E-state index in [4.69, 9.17) is 28.4 Å². The molecular formula is C43H53NO14. The van der Waals surface area contributed by atoms with E-state index in [1.165, 1.54) is 57.4 Å². The van der Waals surface area contributed by atoms with Gasteiger partial charge < -0.3 is 38.6 Å². The van der Waals surface area contributed by atoms with Crippen molar-refractivity contribution >= 4 is 35.8 Å². The minimum absolute atomic E-state index is 0.0417. The maximum absolute atomic E-state index is 13.9. The number of pyridine rings is 1. The van der Waals surface area contributed by atoms with Crippen molar-refractivity contribution in [1.29, 1.82) is 0 Å². The molecule has 0 aliphatic heterocycles. The number of carbonyl (C=O) groups is 6. The Morgan fingerprint density at radius 3 is 1.91 bits per heavy atom. The second kappa shape index (κ2) is 18.0. The molecule has 2 N–H and O–H groups in total. The number of aromatic nitrogens is 1. The lowest BCUT2D eigenvalue weighted by molar-refractivity contribution is -0.193. The molecule has 1 heterocycles. The Balaban J connectivity index is 2.08. The number of hydrogen-bond acceptors (Lipinski definition) is 15. The molecule has 1 aromatic heterocycles. The molecule has 1 saturated carbocycles. The van der Waals surface area contributed by atoms with Gasteiger partial charge in [0.15, 0.2) is 12.2 Å². The van der Waals surface area contributed by atoms with Crippen molar-refractivity contribution in [3.63, 3.8) is 0 Å². The minimum Gasteiger partial charge on any atom is -0.459 e. The lowest BCUT2D eigenvalue weighted by Crippen LogP contribution is -2.59. The van der Waals surface area contributed by atoms with Gasteiger partial charge in [0.05, 0.1) is 23.0 Å². The molecular weight excluding hydrogens is 754 g/mol. The van der Waals surface area contributed by atoms with Crippen LogP contribution in [-0.2, 0) is 47.6 Å². The number of nitrogens with zero attached hydrogens (tertiary/aromatic N) is 1. The van der Waals surface area contributed by atoms with E-state index in [-0.39, 0.29) is 16.7 Å². The first-order valence-corrected chi connectivity index (χ1v) is 18.9. The van der Waals surface area contributed by atoms with Crippen LogP contribution in [0.1, 0.15) is 89.5 Å². The Bertz CT molecular complexity index is 1890. The van der Waals surface area contributed by atoms with Gasteiger partial charge in [-0.05, 0) is 31.2 Å². The largest absolute Gasteiger partial charge is 0.459 e. The van der Waals surface area contributed by atoms with Gasteiger partial charge in [0.1, 0.15) is 35.6 Å². The zero-order chi connectivity index (χ0) is 43.3. The molecule has 10 atom stereocenters. The van der Waals surface area contributed by atoms with E-state index in [9.17, 15) is 39.0 Å². The molecule has 2 aliphatic carbocycles. The third-order valence-electron chi connectivity index (χ3n) is 10.4. The highest BCUT2D eigenvalue weighted by atomic mass is 16.6. The Kier molecular flexibility index (Phi) is 14.1. The summed E-state index contributed by atoms with van der Waals surface area (Å²) >= 11 is 0. The fourth-order valence-electron chi connectivity index (χ4n) is 7.78. The second-order valence-corrected chi connectivity index (χ2v) is 16.0. The van der Waals surface area contributed by atoms with E-state index in [1.807, 2.05) is 0 Å². The Morgan fingerprint density at radius 1 is 0.776 bits per heavy atom. The molecule has 2 aromatic rings. The highest BCUT2D eigenvalue weighted by Crippen LogP contribution is 2.54. The molecule has 1 fully saturated rings. The van der Waals surface area contributed by atoms with E-state index in [1.54, 1.807) is 51.1 Å². The summed E-state index contributed by atoms with van der Waals surface area (Å²) in [6.45, 7) is 16.8. The van der Waals surface area contributed by atoms with E-state index in [2.05, 4.69) is 11.6 Å². The summed E-state index contributed by atoms with van der Waals surface area (Å²) in [7, 11) is 0. The molecule has 15 nitrogen and oxygen atoms in total. The average Bonchev–Trinajstić information content (AvgIpc) is 3.36. The third kappa shape index (κ3) is 9.99. The van der Waals surface area contributed by atoms with Crippen LogP contribution in [0.2, 0.25) is 0 Å². The van der Waals surface area contributed by atoms with E-state index in [0.717, 1.165) is 20.8 Å². The topological polar surface area (TPSA) is 211 Å². The van der Waals surface area contributed by atoms with Gasteiger partial charge in [-0.25, -0.2) is 9.59 Å². The maximum Gasteiger partial charge on any atom is 0.340 e. The number of ether oxygens (including phenoxy) is 6. The van der Waals surface area contributed by atoms with Gasteiger partial charge in [0.25, 0.3) is 0 Å². The molecule has 0 radical (unpaired) electrons. The molecule has 0 spiro atoms. The standard InChI is InChI=1S/C43H53NO14/c1-23(2)38(49)55-34-25(4)33(53-26(5)45)31-36(56-39(50)29-15-12-11-13-16-29)42(10,58-28(7)47)22-43(31,52)35(54-27(6)46)24(3)18-19-41(8,9)37(32(34)48)57-40(51)30-17-14-20-44-21-30/h11-21,23-24,31-37,48,52H,4,22H2,1-3,5-10H3/t24?,31-,32?,33?,34?,35?,36?,37?,42-,43-/m1/s1. The Hall–Kier alpha value is -5.41. The molecule has 0 amide bonds. The number of aliphatic hydroxyl groups excluding tert-OH is 1. The maximum atomic E-state index is 13.9. The molecule has 314 valence electrons. The van der Waals surface area contributed by atoms with Crippen molar-refractivity contribution < 1.29 is 67.4 Å². The van der Waals surface area contributed by atoms with Crippen LogP contribution in [0.5, 0.6) is 0 Å². The average molecular weight is 808 g/mol. The molecule has 0 bridgehead atoms. The second-order valence-electron chi connectivity index (χ2n) is 16.0. The quantitative estimate of drug-likeness (QED) is 0.203. The smallest absolute Gasteiger partial charge is 0.340 e. The first-order valence-electron chi connectivity index (χ1n) is 18.9. The summed E-state index contributed by atoms with van der Waals surface area (Å²) in [5.41, 5.74) is -5.84. The Morgan fingerprint density at radius 2 is 1.36 bits per heavy atom. The Labute approximate surface area is 337 Å². The van der Waals surface area contributed by atoms with Gasteiger partial charge in [-0.15, -0.1) is 0 Å². The zero-order valence-corrected chi connectivity index (χ0v) is 34.2. The molecule has 58 heavy (non-hydrogen) atoms. The van der Waals surface area contributed by atoms with Gasteiger partial charge in [-0.2, -0.15) is 0 Å². The van der Waals surface area contributed by atoms with Gasteiger partial charge >= 0.3 is 35.8 Å². The van der Waals surface area contributed by atoms with Gasteiger partial charge in [-0.1, -0.05) is 71.5 Å². The van der Waals surface area contributed by atoms with Crippen LogP contribution in [0.25, 0.3) is 0 Å². The molecule has 7 unspecified atom stereocenters. The fourth-order valence-corrected chi connectivity index (χ4v) is 7.78. The van der Waals surface area contributed by atoms with Crippen LogP contribution in [0.4, 0.5) is 0 Å². The molecule has 1 aromatic carbocycles. The van der Waals surface area contributed by atoms with Crippen molar-refractivity contribution in [3.8, 4) is 0 Å². The van der Waals surface area contributed by atoms with Crippen LogP contribution in [0, 0.1) is 23.2 Å².